The average Bonchev–Trinajstić information content (AvgIpc) is 0.685. The van der Waals surface area contributed by atoms with Crippen LogP contribution in [0.15, 0.2) is 358 Å². The first-order valence-corrected chi connectivity index (χ1v) is 33.0. The van der Waals surface area contributed by atoms with Gasteiger partial charge in [0.2, 0.25) is 0 Å². The van der Waals surface area contributed by atoms with E-state index in [0.29, 0.717) is 0 Å². The number of anilines is 18. The summed E-state index contributed by atoms with van der Waals surface area (Å²) in [6.45, 7) is -0.420. The fourth-order valence-corrected chi connectivity index (χ4v) is 15.8. The SMILES string of the molecule is c1ccc(N(c2ccccc2)c2cc3c4c(c2)N(c2ccccc2)c2cc5c(cc2B4c2ccccc2N3c2ccccc2)B2c3ccccc3N(c3ccccc3)c3cc(N(c4ccccc4)c4ccccc4)cc(c32)N5c2ccccc2-c2nccc3ccccc23)cc1. The van der Waals surface area contributed by atoms with E-state index in [1.165, 1.54) is 32.8 Å². The lowest BCUT2D eigenvalue weighted by atomic mass is 9.30. The number of pyridine rings is 1. The number of rotatable bonds is 11. The highest BCUT2D eigenvalue weighted by molar-refractivity contribution is 7.03. The molecule has 4 aliphatic heterocycles. The molecule has 5 heterocycles. The van der Waals surface area contributed by atoms with Crippen LogP contribution in [-0.4, -0.2) is 18.4 Å². The molecule has 0 saturated heterocycles. The third-order valence-corrected chi connectivity index (χ3v) is 19.7. The van der Waals surface area contributed by atoms with Crippen LogP contribution < -0.4 is 62.2 Å². The number of hydrogen-bond acceptors (Lipinski definition) is 7. The second-order valence-corrected chi connectivity index (χ2v) is 25.0. The minimum Gasteiger partial charge on any atom is -0.311 e. The molecule has 0 aliphatic carbocycles. The number of fused-ring (bicyclic) bond motifs is 9. The molecule has 0 fully saturated rings. The van der Waals surface area contributed by atoms with Crippen LogP contribution in [0.1, 0.15) is 0 Å². The molecule has 0 spiro atoms. The summed E-state index contributed by atoms with van der Waals surface area (Å²) in [6, 6.07) is 129. The van der Waals surface area contributed by atoms with Gasteiger partial charge in [0.05, 0.1) is 22.8 Å². The molecular formula is C87H59B2N7. The molecule has 14 aromatic carbocycles. The second kappa shape index (κ2) is 22.6. The molecule has 0 saturated carbocycles. The predicted molar refractivity (Wildman–Crippen MR) is 405 cm³/mol. The molecule has 9 heteroatoms. The van der Waals surface area contributed by atoms with E-state index in [0.717, 1.165) is 124 Å². The first-order chi connectivity index (χ1) is 47.7. The van der Waals surface area contributed by atoms with Gasteiger partial charge in [-0.3, -0.25) is 4.98 Å². The van der Waals surface area contributed by atoms with Crippen molar-refractivity contribution >= 4 is 159 Å². The molecule has 0 atom stereocenters. The first kappa shape index (κ1) is 55.1. The third-order valence-electron chi connectivity index (χ3n) is 19.7. The Labute approximate surface area is 559 Å². The first-order valence-electron chi connectivity index (χ1n) is 33.0. The Bertz CT molecular complexity index is 5390. The third kappa shape index (κ3) is 8.74. The van der Waals surface area contributed by atoms with Crippen LogP contribution in [0.4, 0.5) is 102 Å². The van der Waals surface area contributed by atoms with Crippen LogP contribution in [0.5, 0.6) is 0 Å². The molecular weight excluding hydrogens is 1160 g/mol. The highest BCUT2D eigenvalue weighted by Crippen LogP contribution is 2.53. The molecule has 15 aromatic rings. The second-order valence-electron chi connectivity index (χ2n) is 25.0. The van der Waals surface area contributed by atoms with Crippen molar-refractivity contribution in [3.63, 3.8) is 0 Å². The molecule has 0 radical (unpaired) electrons. The van der Waals surface area contributed by atoms with Crippen molar-refractivity contribution < 1.29 is 0 Å². The Kier molecular flexibility index (Phi) is 13.0. The largest absolute Gasteiger partial charge is 0.311 e. The molecule has 0 bridgehead atoms. The van der Waals surface area contributed by atoms with Gasteiger partial charge < -0.3 is 29.4 Å². The van der Waals surface area contributed by atoms with Crippen LogP contribution in [0.25, 0.3) is 22.0 Å². The van der Waals surface area contributed by atoms with Crippen molar-refractivity contribution in [3.05, 3.63) is 358 Å². The van der Waals surface area contributed by atoms with Crippen molar-refractivity contribution in [2.45, 2.75) is 0 Å². The maximum absolute atomic E-state index is 5.35. The summed E-state index contributed by atoms with van der Waals surface area (Å²) < 4.78 is 0. The zero-order valence-corrected chi connectivity index (χ0v) is 52.3. The van der Waals surface area contributed by atoms with Crippen LogP contribution in [-0.2, 0) is 0 Å². The van der Waals surface area contributed by atoms with Gasteiger partial charge in [0, 0.05) is 102 Å². The van der Waals surface area contributed by atoms with E-state index in [4.69, 9.17) is 4.98 Å². The summed E-state index contributed by atoms with van der Waals surface area (Å²) >= 11 is 0. The van der Waals surface area contributed by atoms with Gasteiger partial charge in [-0.05, 0) is 178 Å². The van der Waals surface area contributed by atoms with Gasteiger partial charge in [-0.2, -0.15) is 0 Å². The average molecular weight is 1220 g/mol. The standard InChI is InChI=1S/C87H59B2N7/c1-8-31-61(32-9-1)91(62-33-10-2-11-34-62)68-54-81-85-83(56-68)95(67-43-20-7-21-44-67)79-59-80-75(58-74(79)88(85)72-47-25-28-50-77(72)93(81)65-39-16-5-17-40-65)89-73-48-26-29-51-78(73)94(66-41-18-6-19-42-66)82-55-69(92(63-35-12-3-13-36-63)64-37-14-4-15-38-64)57-84(86(82)89)96(80)76-49-27-24-46-71(76)87-70-45-23-22-30-60(70)52-53-90-87/h1-59H. The van der Waals surface area contributed by atoms with E-state index < -0.39 is 0 Å². The van der Waals surface area contributed by atoms with Gasteiger partial charge in [-0.1, -0.05) is 212 Å². The van der Waals surface area contributed by atoms with Crippen molar-refractivity contribution in [1.82, 2.24) is 4.98 Å². The fraction of sp³-hybridized carbons (Fsp3) is 0. The monoisotopic (exact) mass is 1220 g/mol. The number of aromatic nitrogens is 1. The molecule has 448 valence electrons. The summed E-state index contributed by atoms with van der Waals surface area (Å²) in [5, 5.41) is 2.22. The summed E-state index contributed by atoms with van der Waals surface area (Å²) in [6.07, 6.45) is 1.97. The molecule has 0 amide bonds. The molecule has 7 nitrogen and oxygen atoms in total. The normalized spacial score (nSPS) is 12.9. The number of hydrogen-bond donors (Lipinski definition) is 0. The van der Waals surface area contributed by atoms with Crippen molar-refractivity contribution in [2.24, 2.45) is 0 Å². The maximum atomic E-state index is 5.35. The van der Waals surface area contributed by atoms with Crippen LogP contribution >= 0.6 is 0 Å². The van der Waals surface area contributed by atoms with Gasteiger partial charge >= 0.3 is 0 Å². The zero-order chi connectivity index (χ0) is 63.2. The highest BCUT2D eigenvalue weighted by Gasteiger charge is 2.49. The van der Waals surface area contributed by atoms with E-state index in [1.54, 1.807) is 0 Å². The Balaban J connectivity index is 0.962. The molecule has 96 heavy (non-hydrogen) atoms. The molecule has 4 aliphatic rings. The lowest BCUT2D eigenvalue weighted by Gasteiger charge is -2.48. The van der Waals surface area contributed by atoms with Gasteiger partial charge in [-0.25, -0.2) is 0 Å². The van der Waals surface area contributed by atoms with E-state index in [-0.39, 0.29) is 13.4 Å². The summed E-state index contributed by atoms with van der Waals surface area (Å²) in [4.78, 5) is 20.4. The maximum Gasteiger partial charge on any atom is 0.252 e. The zero-order valence-electron chi connectivity index (χ0n) is 52.3. The van der Waals surface area contributed by atoms with Crippen LogP contribution in [0.2, 0.25) is 0 Å². The van der Waals surface area contributed by atoms with Crippen LogP contribution in [0.3, 0.4) is 0 Å². The Morgan fingerprint density at radius 3 is 1.03 bits per heavy atom. The fourth-order valence-electron chi connectivity index (χ4n) is 15.8. The summed E-state index contributed by atoms with van der Waals surface area (Å²) in [5.41, 5.74) is 28.8. The molecule has 0 N–H and O–H groups in total. The highest BCUT2D eigenvalue weighted by atomic mass is 15.2. The Morgan fingerprint density at radius 2 is 0.583 bits per heavy atom. The Hall–Kier alpha value is -12.6. The number of para-hydroxylation sites is 10. The minimum atomic E-state index is -0.222. The van der Waals surface area contributed by atoms with E-state index in [2.05, 4.69) is 381 Å². The van der Waals surface area contributed by atoms with Crippen LogP contribution in [0, 0.1) is 0 Å². The Morgan fingerprint density at radius 1 is 0.240 bits per heavy atom. The summed E-state index contributed by atoms with van der Waals surface area (Å²) in [5.74, 6) is 0. The predicted octanol–water partition coefficient (Wildman–Crippen LogP) is 19.0. The van der Waals surface area contributed by atoms with Crippen molar-refractivity contribution in [2.75, 3.05) is 29.4 Å². The van der Waals surface area contributed by atoms with Gasteiger partial charge in [-0.15, -0.1) is 0 Å². The quantitative estimate of drug-likeness (QED) is 0.119. The van der Waals surface area contributed by atoms with E-state index in [9.17, 15) is 0 Å². The van der Waals surface area contributed by atoms with Crippen molar-refractivity contribution in [1.29, 1.82) is 0 Å². The van der Waals surface area contributed by atoms with Gasteiger partial charge in [0.15, 0.2) is 0 Å². The lowest BCUT2D eigenvalue weighted by molar-refractivity contribution is 1.21. The molecule has 1 aromatic heterocycles. The number of benzene rings is 14. The lowest BCUT2D eigenvalue weighted by Crippen LogP contribution is -2.65. The smallest absolute Gasteiger partial charge is 0.252 e. The van der Waals surface area contributed by atoms with Crippen molar-refractivity contribution in [3.8, 4) is 11.3 Å². The van der Waals surface area contributed by atoms with E-state index >= 15 is 0 Å². The number of nitrogens with zero attached hydrogens (tertiary/aromatic N) is 7. The van der Waals surface area contributed by atoms with Gasteiger partial charge in [0.25, 0.3) is 13.4 Å². The topological polar surface area (TPSA) is 32.3 Å². The summed E-state index contributed by atoms with van der Waals surface area (Å²) in [7, 11) is 0. The van der Waals surface area contributed by atoms with E-state index in [1.807, 2.05) is 6.20 Å². The molecule has 0 unspecified atom stereocenters. The van der Waals surface area contributed by atoms with Gasteiger partial charge in [0.1, 0.15) is 0 Å². The minimum absolute atomic E-state index is 0.198. The molecule has 19 rings (SSSR count).